The highest BCUT2D eigenvalue weighted by Gasteiger charge is 2.19. The third-order valence-electron chi connectivity index (χ3n) is 4.87. The minimum Gasteiger partial charge on any atom is -0.465 e. The molecule has 0 heterocycles. The summed E-state index contributed by atoms with van der Waals surface area (Å²) in [5, 5.41) is 0. The van der Waals surface area contributed by atoms with Gasteiger partial charge in [0.05, 0.1) is 36.5 Å². The van der Waals surface area contributed by atoms with E-state index in [9.17, 15) is 19.2 Å². The molecule has 0 saturated heterocycles. The summed E-state index contributed by atoms with van der Waals surface area (Å²) in [7, 11) is 2.47. The molecule has 0 radical (unpaired) electrons. The van der Waals surface area contributed by atoms with Gasteiger partial charge in [-0.05, 0) is 35.4 Å². The van der Waals surface area contributed by atoms with Crippen LogP contribution in [0.3, 0.4) is 0 Å². The summed E-state index contributed by atoms with van der Waals surface area (Å²) < 4.78 is 20.0. The van der Waals surface area contributed by atoms with Crippen LogP contribution in [0.15, 0.2) is 72.8 Å². The van der Waals surface area contributed by atoms with E-state index in [1.807, 2.05) is 0 Å². The van der Waals surface area contributed by atoms with Gasteiger partial charge < -0.3 is 18.9 Å². The summed E-state index contributed by atoms with van der Waals surface area (Å²) >= 11 is 0. The monoisotopic (exact) mass is 462 g/mol. The summed E-state index contributed by atoms with van der Waals surface area (Å²) in [6.07, 6.45) is 0. The first kappa shape index (κ1) is 24.2. The first-order chi connectivity index (χ1) is 16.4. The maximum Gasteiger partial charge on any atom is 0.339 e. The molecule has 0 fully saturated rings. The maximum absolute atomic E-state index is 12.4. The minimum absolute atomic E-state index is 0.0130. The van der Waals surface area contributed by atoms with Crippen LogP contribution in [0.25, 0.3) is 0 Å². The van der Waals surface area contributed by atoms with E-state index >= 15 is 0 Å². The Morgan fingerprint density at radius 3 is 1.09 bits per heavy atom. The highest BCUT2D eigenvalue weighted by Crippen LogP contribution is 2.15. The molecule has 0 unspecified atom stereocenters. The average Bonchev–Trinajstić information content (AvgIpc) is 2.89. The van der Waals surface area contributed by atoms with E-state index in [1.165, 1.54) is 38.5 Å². The number of ether oxygens (including phenoxy) is 4. The van der Waals surface area contributed by atoms with Gasteiger partial charge in [-0.25, -0.2) is 19.2 Å². The van der Waals surface area contributed by atoms with Crippen molar-refractivity contribution in [3.63, 3.8) is 0 Å². The molecule has 0 saturated carbocycles. The van der Waals surface area contributed by atoms with Crippen LogP contribution in [0.1, 0.15) is 52.6 Å². The molecule has 3 aromatic carbocycles. The number of esters is 4. The summed E-state index contributed by atoms with van der Waals surface area (Å²) in [4.78, 5) is 48.5. The van der Waals surface area contributed by atoms with Gasteiger partial charge in [0.25, 0.3) is 0 Å². The first-order valence-electron chi connectivity index (χ1n) is 10.2. The van der Waals surface area contributed by atoms with Crippen LogP contribution in [-0.4, -0.2) is 38.1 Å². The number of carbonyl (C=O) groups excluding carboxylic acids is 4. The second kappa shape index (κ2) is 11.4. The highest BCUT2D eigenvalue weighted by atomic mass is 16.5. The van der Waals surface area contributed by atoms with Crippen molar-refractivity contribution >= 4 is 23.9 Å². The van der Waals surface area contributed by atoms with Crippen molar-refractivity contribution in [3.8, 4) is 0 Å². The van der Waals surface area contributed by atoms with Crippen molar-refractivity contribution < 1.29 is 38.1 Å². The van der Waals surface area contributed by atoms with Gasteiger partial charge >= 0.3 is 23.9 Å². The summed E-state index contributed by atoms with van der Waals surface area (Å²) in [5.74, 6) is -2.55. The third-order valence-corrected chi connectivity index (χ3v) is 4.87. The second-order valence-corrected chi connectivity index (χ2v) is 7.04. The van der Waals surface area contributed by atoms with Gasteiger partial charge in [0.2, 0.25) is 0 Å². The topological polar surface area (TPSA) is 105 Å². The fourth-order valence-electron chi connectivity index (χ4n) is 3.08. The molecule has 0 aliphatic rings. The van der Waals surface area contributed by atoms with Crippen molar-refractivity contribution in [2.45, 2.75) is 13.2 Å². The molecule has 3 aromatic rings. The first-order valence-corrected chi connectivity index (χ1v) is 10.2. The molecule has 8 nitrogen and oxygen atoms in total. The Labute approximate surface area is 196 Å². The molecule has 0 aliphatic carbocycles. The number of rotatable bonds is 8. The van der Waals surface area contributed by atoms with Gasteiger partial charge in [0.1, 0.15) is 13.2 Å². The Hall–Kier alpha value is -4.46. The van der Waals surface area contributed by atoms with Crippen molar-refractivity contribution in [1.82, 2.24) is 0 Å². The van der Waals surface area contributed by atoms with Crippen LogP contribution in [-0.2, 0) is 32.2 Å². The van der Waals surface area contributed by atoms with Crippen molar-refractivity contribution in [3.05, 3.63) is 106 Å². The molecule has 0 atom stereocenters. The van der Waals surface area contributed by atoms with Gasteiger partial charge in [-0.15, -0.1) is 0 Å². The largest absolute Gasteiger partial charge is 0.465 e. The molecule has 174 valence electrons. The van der Waals surface area contributed by atoms with Crippen LogP contribution in [0.5, 0.6) is 0 Å². The van der Waals surface area contributed by atoms with Gasteiger partial charge in [-0.3, -0.25) is 0 Å². The van der Waals surface area contributed by atoms with E-state index in [4.69, 9.17) is 9.47 Å². The van der Waals surface area contributed by atoms with E-state index in [-0.39, 0.29) is 35.5 Å². The lowest BCUT2D eigenvalue weighted by Crippen LogP contribution is -2.13. The van der Waals surface area contributed by atoms with Crippen LogP contribution in [0, 0.1) is 0 Å². The average molecular weight is 462 g/mol. The predicted molar refractivity (Wildman–Crippen MR) is 120 cm³/mol. The maximum atomic E-state index is 12.4. The number of carbonyl (C=O) groups is 4. The lowest BCUT2D eigenvalue weighted by Gasteiger charge is -2.10. The number of hydrogen-bond donors (Lipinski definition) is 0. The molecule has 0 spiro atoms. The Morgan fingerprint density at radius 1 is 0.500 bits per heavy atom. The zero-order chi connectivity index (χ0) is 24.5. The van der Waals surface area contributed by atoms with Crippen molar-refractivity contribution in [2.75, 3.05) is 14.2 Å². The smallest absolute Gasteiger partial charge is 0.339 e. The molecule has 34 heavy (non-hydrogen) atoms. The van der Waals surface area contributed by atoms with Gasteiger partial charge in [0, 0.05) is 0 Å². The molecule has 0 aromatic heterocycles. The molecular weight excluding hydrogens is 440 g/mol. The van der Waals surface area contributed by atoms with Crippen LogP contribution < -0.4 is 0 Å². The normalized spacial score (nSPS) is 10.2. The molecule has 0 aliphatic heterocycles. The standard InChI is InChI=1S/C26H22O8/c1-31-23(27)19-7-3-5-9-21(19)25(29)33-15-17-11-13-18(14-12-17)16-34-26(30)22-10-6-4-8-20(22)24(28)32-2/h3-14H,15-16H2,1-2H3. The van der Waals surface area contributed by atoms with E-state index in [1.54, 1.807) is 48.5 Å². The summed E-state index contributed by atoms with van der Waals surface area (Å²) in [5.41, 5.74) is 1.89. The quantitative estimate of drug-likeness (QED) is 0.366. The Balaban J connectivity index is 1.57. The molecule has 0 N–H and O–H groups in total. The zero-order valence-corrected chi connectivity index (χ0v) is 18.6. The molecular formula is C26H22O8. The molecule has 8 heteroatoms. The van der Waals surface area contributed by atoms with E-state index in [0.717, 1.165) is 0 Å². The highest BCUT2D eigenvalue weighted by molar-refractivity contribution is 6.03. The van der Waals surface area contributed by atoms with Gasteiger partial charge in [-0.2, -0.15) is 0 Å². The third kappa shape index (κ3) is 5.86. The van der Waals surface area contributed by atoms with Crippen LogP contribution >= 0.6 is 0 Å². The van der Waals surface area contributed by atoms with E-state index in [2.05, 4.69) is 9.47 Å². The Kier molecular flexibility index (Phi) is 8.12. The summed E-state index contributed by atoms with van der Waals surface area (Å²) in [6, 6.07) is 19.4. The van der Waals surface area contributed by atoms with E-state index in [0.29, 0.717) is 11.1 Å². The SMILES string of the molecule is COC(=O)c1ccccc1C(=O)OCc1ccc(COC(=O)c2ccccc2C(=O)OC)cc1. The number of benzene rings is 3. The van der Waals surface area contributed by atoms with Crippen molar-refractivity contribution in [1.29, 1.82) is 0 Å². The van der Waals surface area contributed by atoms with Gasteiger partial charge in [0.15, 0.2) is 0 Å². The van der Waals surface area contributed by atoms with E-state index < -0.39 is 23.9 Å². The predicted octanol–water partition coefficient (Wildman–Crippen LogP) is 3.97. The Bertz CT molecular complexity index is 1100. The lowest BCUT2D eigenvalue weighted by molar-refractivity contribution is 0.0450. The van der Waals surface area contributed by atoms with Crippen LogP contribution in [0.4, 0.5) is 0 Å². The fourth-order valence-corrected chi connectivity index (χ4v) is 3.08. The zero-order valence-electron chi connectivity index (χ0n) is 18.6. The molecule has 0 bridgehead atoms. The second-order valence-electron chi connectivity index (χ2n) is 7.04. The molecule has 0 amide bonds. The number of hydrogen-bond acceptors (Lipinski definition) is 8. The van der Waals surface area contributed by atoms with Crippen LogP contribution in [0.2, 0.25) is 0 Å². The van der Waals surface area contributed by atoms with Gasteiger partial charge in [-0.1, -0.05) is 48.5 Å². The summed E-state index contributed by atoms with van der Waals surface area (Å²) in [6.45, 7) is -0.0260. The van der Waals surface area contributed by atoms with Crippen molar-refractivity contribution in [2.24, 2.45) is 0 Å². The minimum atomic E-state index is -0.650. The Morgan fingerprint density at radius 2 is 0.794 bits per heavy atom. The lowest BCUT2D eigenvalue weighted by atomic mass is 10.1. The fraction of sp³-hybridized carbons (Fsp3) is 0.154. The molecule has 3 rings (SSSR count). The number of methoxy groups -OCH3 is 2.